The lowest BCUT2D eigenvalue weighted by Crippen LogP contribution is -2.06. The van der Waals surface area contributed by atoms with Crippen molar-refractivity contribution in [2.45, 2.75) is 20.5 Å². The normalized spacial score (nSPS) is 11.0. The number of ether oxygens (including phenoxy) is 2. The van der Waals surface area contributed by atoms with Crippen molar-refractivity contribution < 1.29 is 14.3 Å². The van der Waals surface area contributed by atoms with Crippen molar-refractivity contribution >= 4 is 24.4 Å². The zero-order chi connectivity index (χ0) is 20.1. The summed E-state index contributed by atoms with van der Waals surface area (Å²) in [5, 5.41) is 11.3. The van der Waals surface area contributed by atoms with Gasteiger partial charge in [-0.15, -0.1) is 0 Å². The quantitative estimate of drug-likeness (QED) is 0.389. The Morgan fingerprint density at radius 1 is 1.21 bits per heavy atom. The monoisotopic (exact) mass is 396 g/mol. The Morgan fingerprint density at radius 3 is 2.54 bits per heavy atom. The van der Waals surface area contributed by atoms with Crippen LogP contribution in [0.15, 0.2) is 47.6 Å². The molecule has 0 spiro atoms. The standard InChI is InChI=1S/C20H20N4O3S/c1-13-5-4-6-14(2)18(13)27-12-17-22-23-20(28)24(17)21-11-15-7-9-16(10-8-15)19(25)26-3/h4-11H,12H2,1-3H3,(H,23,28)/b21-11-. The summed E-state index contributed by atoms with van der Waals surface area (Å²) in [7, 11) is 1.35. The summed E-state index contributed by atoms with van der Waals surface area (Å²) in [5.74, 6) is 0.993. The van der Waals surface area contributed by atoms with Gasteiger partial charge < -0.3 is 9.47 Å². The topological polar surface area (TPSA) is 81.5 Å². The molecular weight excluding hydrogens is 376 g/mol. The van der Waals surface area contributed by atoms with E-state index in [1.807, 2.05) is 32.0 Å². The van der Waals surface area contributed by atoms with Gasteiger partial charge in [0.25, 0.3) is 0 Å². The molecule has 2 aromatic carbocycles. The van der Waals surface area contributed by atoms with E-state index in [0.717, 1.165) is 22.4 Å². The Kier molecular flexibility index (Phi) is 6.00. The van der Waals surface area contributed by atoms with Crippen LogP contribution in [-0.2, 0) is 11.3 Å². The van der Waals surface area contributed by atoms with Gasteiger partial charge in [0, 0.05) is 0 Å². The van der Waals surface area contributed by atoms with Crippen LogP contribution in [0.2, 0.25) is 0 Å². The maximum absolute atomic E-state index is 11.5. The molecule has 28 heavy (non-hydrogen) atoms. The largest absolute Gasteiger partial charge is 0.485 e. The van der Waals surface area contributed by atoms with Crippen LogP contribution in [0.25, 0.3) is 0 Å². The number of nitrogens with one attached hydrogen (secondary N) is 1. The molecule has 0 amide bonds. The summed E-state index contributed by atoms with van der Waals surface area (Å²) in [6.45, 7) is 4.21. The number of hydrogen-bond donors (Lipinski definition) is 1. The number of methoxy groups -OCH3 is 1. The van der Waals surface area contributed by atoms with E-state index in [-0.39, 0.29) is 12.6 Å². The third-order valence-electron chi connectivity index (χ3n) is 4.13. The summed E-state index contributed by atoms with van der Waals surface area (Å²) in [5.41, 5.74) is 3.38. The van der Waals surface area contributed by atoms with Gasteiger partial charge in [0.1, 0.15) is 12.4 Å². The van der Waals surface area contributed by atoms with E-state index in [1.54, 1.807) is 30.5 Å². The van der Waals surface area contributed by atoms with E-state index >= 15 is 0 Å². The molecule has 3 aromatic rings. The molecule has 0 atom stereocenters. The van der Waals surface area contributed by atoms with Gasteiger partial charge in [-0.25, -0.2) is 9.89 Å². The third-order valence-corrected chi connectivity index (χ3v) is 4.39. The zero-order valence-electron chi connectivity index (χ0n) is 15.8. The number of hydrogen-bond acceptors (Lipinski definition) is 6. The summed E-state index contributed by atoms with van der Waals surface area (Å²) < 4.78 is 12.5. The molecule has 0 radical (unpaired) electrons. The van der Waals surface area contributed by atoms with Crippen molar-refractivity contribution in [1.82, 2.24) is 14.9 Å². The number of aromatic amines is 1. The molecule has 7 nitrogen and oxygen atoms in total. The van der Waals surface area contributed by atoms with Gasteiger partial charge in [0.15, 0.2) is 5.82 Å². The Labute approximate surface area is 167 Å². The van der Waals surface area contributed by atoms with E-state index in [2.05, 4.69) is 20.0 Å². The number of nitrogens with zero attached hydrogens (tertiary/aromatic N) is 3. The zero-order valence-corrected chi connectivity index (χ0v) is 16.6. The van der Waals surface area contributed by atoms with Crippen LogP contribution in [-0.4, -0.2) is 34.2 Å². The van der Waals surface area contributed by atoms with Crippen LogP contribution in [0.1, 0.15) is 32.9 Å². The lowest BCUT2D eigenvalue weighted by molar-refractivity contribution is 0.0600. The maximum Gasteiger partial charge on any atom is 0.337 e. The first-order valence-corrected chi connectivity index (χ1v) is 8.98. The van der Waals surface area contributed by atoms with E-state index in [0.29, 0.717) is 16.2 Å². The highest BCUT2D eigenvalue weighted by atomic mass is 32.1. The number of esters is 1. The molecule has 3 rings (SSSR count). The minimum absolute atomic E-state index is 0.220. The maximum atomic E-state index is 11.5. The minimum atomic E-state index is -0.383. The molecule has 144 valence electrons. The van der Waals surface area contributed by atoms with Crippen LogP contribution >= 0.6 is 12.2 Å². The summed E-state index contributed by atoms with van der Waals surface area (Å²) >= 11 is 5.26. The molecule has 0 saturated heterocycles. The molecule has 0 aliphatic rings. The highest BCUT2D eigenvalue weighted by Crippen LogP contribution is 2.23. The number of carbonyl (C=O) groups is 1. The number of carbonyl (C=O) groups excluding carboxylic acids is 1. The fourth-order valence-corrected chi connectivity index (χ4v) is 2.85. The second kappa shape index (κ2) is 8.62. The smallest absolute Gasteiger partial charge is 0.337 e. The summed E-state index contributed by atoms with van der Waals surface area (Å²) in [4.78, 5) is 11.5. The molecule has 0 aliphatic heterocycles. The lowest BCUT2D eigenvalue weighted by atomic mass is 10.1. The minimum Gasteiger partial charge on any atom is -0.485 e. The van der Waals surface area contributed by atoms with Crippen molar-refractivity contribution in [1.29, 1.82) is 0 Å². The highest BCUT2D eigenvalue weighted by Gasteiger charge is 2.09. The predicted octanol–water partition coefficient (Wildman–Crippen LogP) is 3.81. The van der Waals surface area contributed by atoms with Crippen molar-refractivity contribution in [3.63, 3.8) is 0 Å². The van der Waals surface area contributed by atoms with Crippen molar-refractivity contribution in [2.75, 3.05) is 7.11 Å². The number of aryl methyl sites for hydroxylation is 2. The van der Waals surface area contributed by atoms with Crippen molar-refractivity contribution in [3.8, 4) is 5.75 Å². The second-order valence-corrected chi connectivity index (χ2v) is 6.51. The van der Waals surface area contributed by atoms with Gasteiger partial charge in [0.05, 0.1) is 18.9 Å². The number of benzene rings is 2. The Hall–Kier alpha value is -3.26. The molecule has 0 fully saturated rings. The van der Waals surface area contributed by atoms with Crippen molar-refractivity contribution in [3.05, 3.63) is 75.3 Å². The molecular formula is C20H20N4O3S. The number of H-pyrrole nitrogens is 1. The third kappa shape index (κ3) is 4.34. The number of para-hydroxylation sites is 1. The average molecular weight is 396 g/mol. The van der Waals surface area contributed by atoms with Crippen LogP contribution in [0.3, 0.4) is 0 Å². The molecule has 0 aliphatic carbocycles. The molecule has 0 unspecified atom stereocenters. The van der Waals surface area contributed by atoms with Gasteiger partial charge in [0.2, 0.25) is 4.77 Å². The van der Waals surface area contributed by atoms with E-state index in [4.69, 9.17) is 17.0 Å². The van der Waals surface area contributed by atoms with Gasteiger partial charge in [-0.2, -0.15) is 14.9 Å². The van der Waals surface area contributed by atoms with Gasteiger partial charge in [-0.3, -0.25) is 0 Å². The van der Waals surface area contributed by atoms with Crippen LogP contribution in [0.4, 0.5) is 0 Å². The van der Waals surface area contributed by atoms with Crippen LogP contribution < -0.4 is 4.74 Å². The molecule has 0 bridgehead atoms. The summed E-state index contributed by atoms with van der Waals surface area (Å²) in [6.07, 6.45) is 1.63. The average Bonchev–Trinajstić information content (AvgIpc) is 3.05. The van der Waals surface area contributed by atoms with Gasteiger partial charge >= 0.3 is 5.97 Å². The van der Waals surface area contributed by atoms with Crippen LogP contribution in [0, 0.1) is 18.6 Å². The predicted molar refractivity (Wildman–Crippen MR) is 108 cm³/mol. The molecule has 0 saturated carbocycles. The molecule has 1 N–H and O–H groups in total. The van der Waals surface area contributed by atoms with E-state index < -0.39 is 0 Å². The Morgan fingerprint density at radius 2 is 1.89 bits per heavy atom. The second-order valence-electron chi connectivity index (χ2n) is 6.12. The Bertz CT molecular complexity index is 1050. The number of aromatic nitrogens is 3. The molecule has 1 aromatic heterocycles. The van der Waals surface area contributed by atoms with Gasteiger partial charge in [-0.1, -0.05) is 30.3 Å². The van der Waals surface area contributed by atoms with E-state index in [9.17, 15) is 4.79 Å². The molecule has 8 heteroatoms. The first-order valence-electron chi connectivity index (χ1n) is 8.57. The SMILES string of the molecule is COC(=O)c1ccc(/C=N\n2c(COc3c(C)cccc3C)n[nH]c2=S)cc1. The first-order chi connectivity index (χ1) is 13.5. The highest BCUT2D eigenvalue weighted by molar-refractivity contribution is 7.71. The molecule has 1 heterocycles. The van der Waals surface area contributed by atoms with Gasteiger partial charge in [-0.05, 0) is 54.9 Å². The lowest BCUT2D eigenvalue weighted by Gasteiger charge is -2.11. The summed E-state index contributed by atoms with van der Waals surface area (Å²) in [6, 6.07) is 12.9. The Balaban J connectivity index is 1.77. The fraction of sp³-hybridized carbons (Fsp3) is 0.200. The fourth-order valence-electron chi connectivity index (χ4n) is 2.65. The van der Waals surface area contributed by atoms with E-state index in [1.165, 1.54) is 11.8 Å². The van der Waals surface area contributed by atoms with Crippen LogP contribution in [0.5, 0.6) is 5.75 Å². The number of rotatable bonds is 6. The first kappa shape index (κ1) is 19.5. The van der Waals surface area contributed by atoms with Crippen molar-refractivity contribution in [2.24, 2.45) is 5.10 Å².